The van der Waals surface area contributed by atoms with E-state index in [0.717, 1.165) is 5.56 Å². The van der Waals surface area contributed by atoms with Gasteiger partial charge in [0.15, 0.2) is 11.5 Å². The second-order valence-corrected chi connectivity index (χ2v) is 5.52. The van der Waals surface area contributed by atoms with Crippen molar-refractivity contribution in [3.8, 4) is 17.6 Å². The Morgan fingerprint density at radius 2 is 1.89 bits per heavy atom. The summed E-state index contributed by atoms with van der Waals surface area (Å²) in [6.45, 7) is -1.21. The van der Waals surface area contributed by atoms with E-state index in [1.54, 1.807) is 12.1 Å². The Kier molecular flexibility index (Phi) is 6.89. The number of esters is 1. The minimum absolute atomic E-state index is 0.0829. The molecule has 140 valence electrons. The van der Waals surface area contributed by atoms with E-state index in [1.807, 2.05) is 25.1 Å². The summed E-state index contributed by atoms with van der Waals surface area (Å²) >= 11 is 0. The number of benzene rings is 2. The molecule has 0 atom stereocenters. The molecule has 0 radical (unpaired) electrons. The average Bonchev–Trinajstić information content (AvgIpc) is 2.66. The Balaban J connectivity index is 2.07. The molecule has 0 saturated heterocycles. The molecule has 0 saturated carbocycles. The maximum absolute atomic E-state index is 12.3. The molecule has 0 spiro atoms. The molecule has 5 nitrogen and oxygen atoms in total. The van der Waals surface area contributed by atoms with Crippen LogP contribution in [0.25, 0.3) is 6.08 Å². The zero-order chi connectivity index (χ0) is 19.8. The highest BCUT2D eigenvalue weighted by Crippen LogP contribution is 2.29. The van der Waals surface area contributed by atoms with Crippen molar-refractivity contribution in [2.75, 3.05) is 7.11 Å². The number of aryl methyl sites for hydroxylation is 1. The maximum Gasteiger partial charge on any atom is 0.387 e. The van der Waals surface area contributed by atoms with Crippen molar-refractivity contribution in [3.05, 3.63) is 64.7 Å². The molecule has 0 fully saturated rings. The van der Waals surface area contributed by atoms with E-state index in [9.17, 15) is 18.8 Å². The van der Waals surface area contributed by atoms with Gasteiger partial charge in [0.2, 0.25) is 0 Å². The largest absolute Gasteiger partial charge is 0.493 e. The standard InChI is InChI=1S/C20H17F2NO4/c1-13-3-5-14(6-4-13)9-16(11-23)19(24)26-12-15-7-8-17(27-20(21)22)18(10-15)25-2/h3-10,20H,12H2,1-2H3/b16-9+. The Labute approximate surface area is 155 Å². The Hall–Kier alpha value is -3.40. The molecule has 7 heteroatoms. The average molecular weight is 373 g/mol. The topological polar surface area (TPSA) is 68.5 Å². The molecule has 0 amide bonds. The first-order valence-corrected chi connectivity index (χ1v) is 7.90. The quantitative estimate of drug-likeness (QED) is 0.412. The summed E-state index contributed by atoms with van der Waals surface area (Å²) in [4.78, 5) is 12.1. The van der Waals surface area contributed by atoms with Crippen molar-refractivity contribution in [2.45, 2.75) is 20.1 Å². The lowest BCUT2D eigenvalue weighted by Gasteiger charge is -2.11. The van der Waals surface area contributed by atoms with E-state index >= 15 is 0 Å². The number of ether oxygens (including phenoxy) is 3. The summed E-state index contributed by atoms with van der Waals surface area (Å²) in [6, 6.07) is 13.3. The van der Waals surface area contributed by atoms with Crippen molar-refractivity contribution >= 4 is 12.0 Å². The van der Waals surface area contributed by atoms with Gasteiger partial charge in [0.1, 0.15) is 18.2 Å². The molecule has 0 aromatic heterocycles. The normalized spacial score (nSPS) is 11.0. The van der Waals surface area contributed by atoms with Gasteiger partial charge in [0.05, 0.1) is 7.11 Å². The van der Waals surface area contributed by atoms with E-state index in [0.29, 0.717) is 11.1 Å². The molecule has 0 aliphatic carbocycles. The third-order valence-corrected chi connectivity index (χ3v) is 3.54. The number of rotatable bonds is 7. The predicted molar refractivity (Wildman–Crippen MR) is 94.2 cm³/mol. The zero-order valence-electron chi connectivity index (χ0n) is 14.7. The molecular weight excluding hydrogens is 356 g/mol. The maximum atomic E-state index is 12.3. The monoisotopic (exact) mass is 373 g/mol. The van der Waals surface area contributed by atoms with Gasteiger partial charge < -0.3 is 14.2 Å². The molecule has 0 aliphatic heterocycles. The molecule has 0 aliphatic rings. The van der Waals surface area contributed by atoms with E-state index in [-0.39, 0.29) is 23.7 Å². The van der Waals surface area contributed by atoms with E-state index in [2.05, 4.69) is 4.74 Å². The van der Waals surface area contributed by atoms with Crippen molar-refractivity contribution < 1.29 is 27.8 Å². The van der Waals surface area contributed by atoms with Gasteiger partial charge in [0, 0.05) is 0 Å². The van der Waals surface area contributed by atoms with Gasteiger partial charge in [-0.05, 0) is 36.3 Å². The van der Waals surface area contributed by atoms with Gasteiger partial charge in [-0.2, -0.15) is 14.0 Å². The molecule has 0 heterocycles. The summed E-state index contributed by atoms with van der Waals surface area (Å²) in [7, 11) is 1.31. The van der Waals surface area contributed by atoms with Gasteiger partial charge in [-0.3, -0.25) is 0 Å². The Bertz CT molecular complexity index is 871. The molecule has 2 rings (SSSR count). The van der Waals surface area contributed by atoms with Crippen LogP contribution in [0.4, 0.5) is 8.78 Å². The number of hydrogen-bond acceptors (Lipinski definition) is 5. The lowest BCUT2D eigenvalue weighted by Crippen LogP contribution is -2.07. The first-order valence-electron chi connectivity index (χ1n) is 7.90. The minimum Gasteiger partial charge on any atom is -0.493 e. The van der Waals surface area contributed by atoms with Crippen LogP contribution in [-0.2, 0) is 16.1 Å². The molecule has 2 aromatic rings. The van der Waals surface area contributed by atoms with Gasteiger partial charge in [-0.15, -0.1) is 0 Å². The fourth-order valence-corrected chi connectivity index (χ4v) is 2.19. The fraction of sp³-hybridized carbons (Fsp3) is 0.200. The van der Waals surface area contributed by atoms with Gasteiger partial charge in [-0.1, -0.05) is 35.9 Å². The van der Waals surface area contributed by atoms with Crippen LogP contribution in [0.15, 0.2) is 48.0 Å². The molecule has 0 N–H and O–H groups in total. The number of methoxy groups -OCH3 is 1. The van der Waals surface area contributed by atoms with Crippen LogP contribution in [0.1, 0.15) is 16.7 Å². The fourth-order valence-electron chi connectivity index (χ4n) is 2.19. The van der Waals surface area contributed by atoms with Gasteiger partial charge in [-0.25, -0.2) is 4.79 Å². The lowest BCUT2D eigenvalue weighted by atomic mass is 10.1. The number of hydrogen-bond donors (Lipinski definition) is 0. The smallest absolute Gasteiger partial charge is 0.387 e. The highest BCUT2D eigenvalue weighted by atomic mass is 19.3. The van der Waals surface area contributed by atoms with E-state index in [1.165, 1.54) is 31.4 Å². The molecule has 0 unspecified atom stereocenters. The van der Waals surface area contributed by atoms with Crippen molar-refractivity contribution in [1.29, 1.82) is 5.26 Å². The number of nitriles is 1. The van der Waals surface area contributed by atoms with Gasteiger partial charge in [0.25, 0.3) is 0 Å². The van der Waals surface area contributed by atoms with E-state index in [4.69, 9.17) is 9.47 Å². The minimum atomic E-state index is -2.98. The highest BCUT2D eigenvalue weighted by molar-refractivity contribution is 5.97. The summed E-state index contributed by atoms with van der Waals surface area (Å²) in [5.74, 6) is -0.830. The SMILES string of the molecule is COc1cc(COC(=O)/C(C#N)=C/c2ccc(C)cc2)ccc1OC(F)F. The van der Waals surface area contributed by atoms with Crippen molar-refractivity contribution in [2.24, 2.45) is 0 Å². The summed E-state index contributed by atoms with van der Waals surface area (Å²) in [5.41, 5.74) is 2.10. The van der Waals surface area contributed by atoms with E-state index < -0.39 is 12.6 Å². The first kappa shape index (κ1) is 19.9. The zero-order valence-corrected chi connectivity index (χ0v) is 14.7. The molecular formula is C20H17F2NO4. The number of nitrogens with zero attached hydrogens (tertiary/aromatic N) is 1. The Morgan fingerprint density at radius 3 is 2.48 bits per heavy atom. The third-order valence-electron chi connectivity index (χ3n) is 3.54. The van der Waals surface area contributed by atoms with Crippen LogP contribution in [0.2, 0.25) is 0 Å². The lowest BCUT2D eigenvalue weighted by molar-refractivity contribution is -0.139. The second kappa shape index (κ2) is 9.34. The molecule has 27 heavy (non-hydrogen) atoms. The van der Waals surface area contributed by atoms with Crippen molar-refractivity contribution in [1.82, 2.24) is 0 Å². The third kappa shape index (κ3) is 5.82. The second-order valence-electron chi connectivity index (χ2n) is 5.52. The van der Waals surface area contributed by atoms with Gasteiger partial charge >= 0.3 is 12.6 Å². The van der Waals surface area contributed by atoms with Crippen LogP contribution in [-0.4, -0.2) is 19.7 Å². The van der Waals surface area contributed by atoms with Crippen LogP contribution in [0, 0.1) is 18.3 Å². The summed E-state index contributed by atoms with van der Waals surface area (Å²) in [6.07, 6.45) is 1.43. The summed E-state index contributed by atoms with van der Waals surface area (Å²) < 4.78 is 39.1. The number of halogens is 2. The predicted octanol–water partition coefficient (Wildman–Crippen LogP) is 4.26. The van der Waals surface area contributed by atoms with Crippen LogP contribution >= 0.6 is 0 Å². The highest BCUT2D eigenvalue weighted by Gasteiger charge is 2.14. The number of alkyl halides is 2. The molecule has 2 aromatic carbocycles. The summed E-state index contributed by atoms with van der Waals surface area (Å²) in [5, 5.41) is 9.19. The number of carbonyl (C=O) groups excluding carboxylic acids is 1. The molecule has 0 bridgehead atoms. The van der Waals surface area contributed by atoms with Crippen LogP contribution in [0.3, 0.4) is 0 Å². The Morgan fingerprint density at radius 1 is 1.19 bits per heavy atom. The van der Waals surface area contributed by atoms with Crippen LogP contribution < -0.4 is 9.47 Å². The number of carbonyl (C=O) groups is 1. The van der Waals surface area contributed by atoms with Crippen LogP contribution in [0.5, 0.6) is 11.5 Å². The van der Waals surface area contributed by atoms with Crippen molar-refractivity contribution in [3.63, 3.8) is 0 Å². The first-order chi connectivity index (χ1) is 12.9.